The van der Waals surface area contributed by atoms with E-state index in [4.69, 9.17) is 4.74 Å². The summed E-state index contributed by atoms with van der Waals surface area (Å²) in [4.78, 5) is 38.5. The summed E-state index contributed by atoms with van der Waals surface area (Å²) >= 11 is 0. The van der Waals surface area contributed by atoms with Gasteiger partial charge in [0.2, 0.25) is 5.91 Å². The van der Waals surface area contributed by atoms with E-state index in [9.17, 15) is 14.4 Å². The van der Waals surface area contributed by atoms with E-state index in [1.165, 1.54) is 4.90 Å². The minimum atomic E-state index is -0.697. The highest BCUT2D eigenvalue weighted by Gasteiger charge is 2.52. The number of hydrogen-bond acceptors (Lipinski definition) is 4. The van der Waals surface area contributed by atoms with E-state index < -0.39 is 23.7 Å². The second-order valence-corrected chi connectivity index (χ2v) is 6.23. The lowest BCUT2D eigenvalue weighted by molar-refractivity contribution is -0.136. The first-order valence-corrected chi connectivity index (χ1v) is 6.46. The summed E-state index contributed by atoms with van der Waals surface area (Å²) in [5, 5.41) is 0. The Hall–Kier alpha value is -1.59. The van der Waals surface area contributed by atoms with Crippen LogP contribution in [0.15, 0.2) is 0 Å². The average molecular weight is 268 g/mol. The predicted molar refractivity (Wildman–Crippen MR) is 67.5 cm³/mol. The molecule has 2 rings (SSSR count). The molecule has 0 unspecified atom stereocenters. The van der Waals surface area contributed by atoms with Crippen LogP contribution in [0.3, 0.4) is 0 Å². The van der Waals surface area contributed by atoms with Crippen molar-refractivity contribution in [3.05, 3.63) is 0 Å². The van der Waals surface area contributed by atoms with Crippen molar-refractivity contribution in [3.8, 4) is 0 Å². The fourth-order valence-corrected chi connectivity index (χ4v) is 2.83. The second-order valence-electron chi connectivity index (χ2n) is 6.23. The summed E-state index contributed by atoms with van der Waals surface area (Å²) in [6, 6.07) is -0.824. The standard InChI is InChI=1S/C13H20N2O4/c1-13(2,3)19-12(18)15-8-5-9(10(15)7-16)11(17)14(4)6-8/h7-10H,5-6H2,1-4H3/t8-,9-,10+/m1/s1. The van der Waals surface area contributed by atoms with E-state index in [2.05, 4.69) is 0 Å². The third kappa shape index (κ3) is 2.43. The van der Waals surface area contributed by atoms with Crippen LogP contribution in [0.1, 0.15) is 27.2 Å². The normalized spacial score (nSPS) is 30.5. The third-order valence-electron chi connectivity index (χ3n) is 3.57. The number of likely N-dealkylation sites (N-methyl/N-ethyl adjacent to an activating group) is 1. The maximum atomic E-state index is 12.2. The fraction of sp³-hybridized carbons (Fsp3) is 0.769. The topological polar surface area (TPSA) is 66.9 Å². The largest absolute Gasteiger partial charge is 0.444 e. The number of carbonyl (C=O) groups is 3. The number of nitrogens with zero attached hydrogens (tertiary/aromatic N) is 2. The van der Waals surface area contributed by atoms with Crippen LogP contribution >= 0.6 is 0 Å². The molecule has 19 heavy (non-hydrogen) atoms. The van der Waals surface area contributed by atoms with Gasteiger partial charge in [-0.15, -0.1) is 0 Å². The van der Waals surface area contributed by atoms with Gasteiger partial charge in [0.25, 0.3) is 0 Å². The van der Waals surface area contributed by atoms with E-state index in [0.717, 1.165) is 0 Å². The molecule has 2 saturated heterocycles. The second kappa shape index (κ2) is 4.51. The smallest absolute Gasteiger partial charge is 0.411 e. The van der Waals surface area contributed by atoms with E-state index in [1.54, 1.807) is 32.7 Å². The Bertz CT molecular complexity index is 415. The molecule has 106 valence electrons. The maximum Gasteiger partial charge on any atom is 0.411 e. The van der Waals surface area contributed by atoms with Gasteiger partial charge in [-0.25, -0.2) is 4.79 Å². The third-order valence-corrected chi connectivity index (χ3v) is 3.57. The summed E-state index contributed by atoms with van der Waals surface area (Å²) in [5.41, 5.74) is -0.614. The van der Waals surface area contributed by atoms with Crippen LogP contribution in [-0.2, 0) is 14.3 Å². The number of likely N-dealkylation sites (tertiary alicyclic amines) is 2. The Kier molecular flexibility index (Phi) is 3.28. The van der Waals surface area contributed by atoms with E-state index in [-0.39, 0.29) is 11.9 Å². The molecule has 2 aliphatic rings. The number of piperidine rings is 1. The number of fused-ring (bicyclic) bond motifs is 2. The molecule has 0 N–H and O–H groups in total. The Morgan fingerprint density at radius 2 is 2.05 bits per heavy atom. The molecular weight excluding hydrogens is 248 g/mol. The lowest BCUT2D eigenvalue weighted by Crippen LogP contribution is -2.47. The minimum Gasteiger partial charge on any atom is -0.444 e. The molecule has 0 aromatic carbocycles. The van der Waals surface area contributed by atoms with Gasteiger partial charge in [-0.3, -0.25) is 9.69 Å². The van der Waals surface area contributed by atoms with Crippen molar-refractivity contribution in [1.29, 1.82) is 0 Å². The van der Waals surface area contributed by atoms with Gasteiger partial charge in [0.15, 0.2) is 0 Å². The molecule has 2 bridgehead atoms. The number of rotatable bonds is 1. The Balaban J connectivity index is 2.23. The zero-order valence-electron chi connectivity index (χ0n) is 11.8. The van der Waals surface area contributed by atoms with Crippen LogP contribution in [0.5, 0.6) is 0 Å². The van der Waals surface area contributed by atoms with Crippen molar-refractivity contribution in [2.45, 2.75) is 44.9 Å². The first-order valence-electron chi connectivity index (χ1n) is 6.46. The highest BCUT2D eigenvalue weighted by Crippen LogP contribution is 2.35. The van der Waals surface area contributed by atoms with Gasteiger partial charge >= 0.3 is 6.09 Å². The molecule has 0 aromatic heterocycles. The lowest BCUT2D eigenvalue weighted by Gasteiger charge is -2.31. The van der Waals surface area contributed by atoms with Gasteiger partial charge in [-0.1, -0.05) is 0 Å². The monoisotopic (exact) mass is 268 g/mol. The van der Waals surface area contributed by atoms with Gasteiger partial charge < -0.3 is 14.4 Å². The van der Waals surface area contributed by atoms with Crippen LogP contribution in [0.2, 0.25) is 0 Å². The molecule has 0 spiro atoms. The average Bonchev–Trinajstić information content (AvgIpc) is 2.58. The summed E-state index contributed by atoms with van der Waals surface area (Å²) < 4.78 is 5.33. The number of ether oxygens (including phenoxy) is 1. The van der Waals surface area contributed by atoms with Crippen LogP contribution < -0.4 is 0 Å². The summed E-state index contributed by atoms with van der Waals surface area (Å²) in [5.74, 6) is -0.492. The van der Waals surface area contributed by atoms with E-state index in [0.29, 0.717) is 19.3 Å². The van der Waals surface area contributed by atoms with Gasteiger partial charge in [0.05, 0.1) is 12.0 Å². The molecular formula is C13H20N2O4. The SMILES string of the molecule is CN1C[C@H]2C[C@@H](C1=O)[C@H](C=O)N2C(=O)OC(C)(C)C. The van der Waals surface area contributed by atoms with E-state index in [1.807, 2.05) is 0 Å². The first-order chi connectivity index (χ1) is 8.74. The Labute approximate surface area is 112 Å². The van der Waals surface area contributed by atoms with Gasteiger partial charge in [-0.05, 0) is 27.2 Å². The summed E-state index contributed by atoms with van der Waals surface area (Å²) in [6.45, 7) is 5.79. The molecule has 0 aromatic rings. The summed E-state index contributed by atoms with van der Waals surface area (Å²) in [6.07, 6.45) is 0.720. The molecule has 2 heterocycles. The molecule has 2 amide bonds. The number of hydrogen-bond donors (Lipinski definition) is 0. The van der Waals surface area contributed by atoms with Crippen molar-refractivity contribution in [1.82, 2.24) is 9.80 Å². The minimum absolute atomic E-state index is 0.0700. The Morgan fingerprint density at radius 3 is 2.58 bits per heavy atom. The summed E-state index contributed by atoms with van der Waals surface area (Å²) in [7, 11) is 1.70. The predicted octanol–water partition coefficient (Wildman–Crippen LogP) is 0.652. The highest BCUT2D eigenvalue weighted by atomic mass is 16.6. The maximum absolute atomic E-state index is 12.2. The van der Waals surface area contributed by atoms with Crippen molar-refractivity contribution in [2.75, 3.05) is 13.6 Å². The van der Waals surface area contributed by atoms with Crippen LogP contribution in [0.4, 0.5) is 4.79 Å². The zero-order valence-corrected chi connectivity index (χ0v) is 11.8. The highest BCUT2D eigenvalue weighted by molar-refractivity contribution is 5.88. The molecule has 6 heteroatoms. The molecule has 2 fully saturated rings. The molecule has 2 aliphatic heterocycles. The van der Waals surface area contributed by atoms with Gasteiger partial charge in [0.1, 0.15) is 17.9 Å². The molecule has 6 nitrogen and oxygen atoms in total. The van der Waals surface area contributed by atoms with Crippen molar-refractivity contribution in [2.24, 2.45) is 5.92 Å². The number of amides is 2. The molecule has 0 radical (unpaired) electrons. The van der Waals surface area contributed by atoms with Gasteiger partial charge in [-0.2, -0.15) is 0 Å². The van der Waals surface area contributed by atoms with Gasteiger partial charge in [0, 0.05) is 13.6 Å². The Morgan fingerprint density at radius 1 is 1.42 bits per heavy atom. The zero-order chi connectivity index (χ0) is 14.4. The number of carbonyl (C=O) groups excluding carboxylic acids is 3. The quantitative estimate of drug-likeness (QED) is 0.655. The van der Waals surface area contributed by atoms with Crippen LogP contribution in [-0.4, -0.2) is 59.4 Å². The van der Waals surface area contributed by atoms with Crippen molar-refractivity contribution >= 4 is 18.3 Å². The lowest BCUT2D eigenvalue weighted by atomic mass is 9.95. The first kappa shape index (κ1) is 13.8. The van der Waals surface area contributed by atoms with Crippen LogP contribution in [0.25, 0.3) is 0 Å². The van der Waals surface area contributed by atoms with E-state index >= 15 is 0 Å². The fourth-order valence-electron chi connectivity index (χ4n) is 2.83. The van der Waals surface area contributed by atoms with Crippen molar-refractivity contribution in [3.63, 3.8) is 0 Å². The van der Waals surface area contributed by atoms with Crippen LogP contribution in [0, 0.1) is 5.92 Å². The molecule has 0 aliphatic carbocycles. The van der Waals surface area contributed by atoms with Crippen molar-refractivity contribution < 1.29 is 19.1 Å². The molecule has 0 saturated carbocycles. The number of aldehydes is 1. The molecule has 3 atom stereocenters.